The SMILES string of the molecule is Cc1ccc(NCc2ccc(Cl)c(Cl)c2)cc1N(C)C. The van der Waals surface area contributed by atoms with Crippen LogP contribution in [-0.2, 0) is 6.54 Å². The molecule has 0 aliphatic heterocycles. The molecule has 0 fully saturated rings. The van der Waals surface area contributed by atoms with Crippen molar-refractivity contribution in [1.29, 1.82) is 0 Å². The van der Waals surface area contributed by atoms with E-state index in [0.717, 1.165) is 11.3 Å². The van der Waals surface area contributed by atoms with Crippen molar-refractivity contribution >= 4 is 34.6 Å². The van der Waals surface area contributed by atoms with E-state index in [2.05, 4.69) is 35.3 Å². The van der Waals surface area contributed by atoms with Gasteiger partial charge in [-0.1, -0.05) is 35.3 Å². The van der Waals surface area contributed by atoms with Crippen LogP contribution in [0.3, 0.4) is 0 Å². The molecular weight excluding hydrogens is 291 g/mol. The summed E-state index contributed by atoms with van der Waals surface area (Å²) in [6.07, 6.45) is 0. The van der Waals surface area contributed by atoms with Gasteiger partial charge in [0, 0.05) is 32.0 Å². The van der Waals surface area contributed by atoms with Crippen molar-refractivity contribution in [3.8, 4) is 0 Å². The number of hydrogen-bond donors (Lipinski definition) is 1. The van der Waals surface area contributed by atoms with E-state index in [-0.39, 0.29) is 0 Å². The quantitative estimate of drug-likeness (QED) is 0.857. The van der Waals surface area contributed by atoms with E-state index < -0.39 is 0 Å². The summed E-state index contributed by atoms with van der Waals surface area (Å²) in [4.78, 5) is 2.11. The smallest absolute Gasteiger partial charge is 0.0595 e. The zero-order valence-corrected chi connectivity index (χ0v) is 13.4. The predicted molar refractivity (Wildman–Crippen MR) is 89.3 cm³/mol. The van der Waals surface area contributed by atoms with Crippen LogP contribution in [0, 0.1) is 6.92 Å². The average Bonchev–Trinajstić information content (AvgIpc) is 2.41. The maximum absolute atomic E-state index is 6.02. The van der Waals surface area contributed by atoms with Crippen molar-refractivity contribution in [2.75, 3.05) is 24.3 Å². The van der Waals surface area contributed by atoms with Gasteiger partial charge in [-0.25, -0.2) is 0 Å². The van der Waals surface area contributed by atoms with E-state index in [9.17, 15) is 0 Å². The number of benzene rings is 2. The second-order valence-corrected chi connectivity index (χ2v) is 5.81. The van der Waals surface area contributed by atoms with E-state index in [0.29, 0.717) is 16.6 Å². The molecular formula is C16H18Cl2N2. The van der Waals surface area contributed by atoms with Gasteiger partial charge in [0.2, 0.25) is 0 Å². The van der Waals surface area contributed by atoms with Crippen LogP contribution in [0.15, 0.2) is 36.4 Å². The minimum atomic E-state index is 0.584. The summed E-state index contributed by atoms with van der Waals surface area (Å²) in [5, 5.41) is 4.57. The molecule has 0 saturated heterocycles. The Balaban J connectivity index is 2.10. The topological polar surface area (TPSA) is 15.3 Å². The van der Waals surface area contributed by atoms with Gasteiger partial charge in [0.1, 0.15) is 0 Å². The van der Waals surface area contributed by atoms with Gasteiger partial charge in [-0.2, -0.15) is 0 Å². The molecule has 2 aromatic carbocycles. The highest BCUT2D eigenvalue weighted by Crippen LogP contribution is 2.25. The third-order valence-electron chi connectivity index (χ3n) is 3.17. The Morgan fingerprint density at radius 3 is 2.40 bits per heavy atom. The van der Waals surface area contributed by atoms with Gasteiger partial charge in [-0.15, -0.1) is 0 Å². The molecule has 2 rings (SSSR count). The molecule has 0 bridgehead atoms. The Hall–Kier alpha value is -1.38. The van der Waals surface area contributed by atoms with Gasteiger partial charge in [0.25, 0.3) is 0 Å². The molecule has 0 heterocycles. The number of hydrogen-bond acceptors (Lipinski definition) is 2. The van der Waals surface area contributed by atoms with Crippen molar-refractivity contribution in [1.82, 2.24) is 0 Å². The fraction of sp³-hybridized carbons (Fsp3) is 0.250. The molecule has 0 aliphatic rings. The summed E-state index contributed by atoms with van der Waals surface area (Å²) >= 11 is 11.9. The summed E-state index contributed by atoms with van der Waals surface area (Å²) < 4.78 is 0. The Kier molecular flexibility index (Phi) is 4.79. The minimum Gasteiger partial charge on any atom is -0.381 e. The Bertz CT molecular complexity index is 609. The van der Waals surface area contributed by atoms with Crippen LogP contribution < -0.4 is 10.2 Å². The van der Waals surface area contributed by atoms with E-state index in [1.807, 2.05) is 32.3 Å². The standard InChI is InChI=1S/C16H18Cl2N2/c1-11-4-6-13(9-16(11)20(2)3)19-10-12-5-7-14(17)15(18)8-12/h4-9,19H,10H2,1-3H3. The first kappa shape index (κ1) is 15.0. The number of rotatable bonds is 4. The van der Waals surface area contributed by atoms with Crippen molar-refractivity contribution in [2.24, 2.45) is 0 Å². The Morgan fingerprint density at radius 2 is 1.75 bits per heavy atom. The fourth-order valence-electron chi connectivity index (χ4n) is 2.05. The van der Waals surface area contributed by atoms with Gasteiger partial charge < -0.3 is 10.2 Å². The van der Waals surface area contributed by atoms with Crippen molar-refractivity contribution in [2.45, 2.75) is 13.5 Å². The molecule has 0 aliphatic carbocycles. The van der Waals surface area contributed by atoms with E-state index >= 15 is 0 Å². The molecule has 0 aromatic heterocycles. The third kappa shape index (κ3) is 3.59. The highest BCUT2D eigenvalue weighted by molar-refractivity contribution is 6.42. The summed E-state index contributed by atoms with van der Waals surface area (Å²) in [7, 11) is 4.09. The molecule has 1 N–H and O–H groups in total. The molecule has 0 radical (unpaired) electrons. The zero-order chi connectivity index (χ0) is 14.7. The first-order valence-corrected chi connectivity index (χ1v) is 7.19. The molecule has 2 nitrogen and oxygen atoms in total. The summed E-state index contributed by atoms with van der Waals surface area (Å²) in [5.74, 6) is 0. The summed E-state index contributed by atoms with van der Waals surface area (Å²) in [6.45, 7) is 2.82. The van der Waals surface area contributed by atoms with Crippen LogP contribution in [0.1, 0.15) is 11.1 Å². The highest BCUT2D eigenvalue weighted by Gasteiger charge is 2.03. The number of anilines is 2. The second kappa shape index (κ2) is 6.38. The monoisotopic (exact) mass is 308 g/mol. The van der Waals surface area contributed by atoms with Crippen LogP contribution >= 0.6 is 23.2 Å². The van der Waals surface area contributed by atoms with E-state index in [1.54, 1.807) is 0 Å². The molecule has 0 spiro atoms. The van der Waals surface area contributed by atoms with Crippen LogP contribution in [-0.4, -0.2) is 14.1 Å². The normalized spacial score (nSPS) is 10.4. The molecule has 2 aromatic rings. The van der Waals surface area contributed by atoms with Crippen LogP contribution in [0.25, 0.3) is 0 Å². The van der Waals surface area contributed by atoms with Crippen LogP contribution in [0.5, 0.6) is 0 Å². The van der Waals surface area contributed by atoms with Crippen molar-refractivity contribution < 1.29 is 0 Å². The highest BCUT2D eigenvalue weighted by atomic mass is 35.5. The second-order valence-electron chi connectivity index (χ2n) is 5.00. The Labute approximate surface area is 130 Å². The molecule has 20 heavy (non-hydrogen) atoms. The zero-order valence-electron chi connectivity index (χ0n) is 11.9. The fourth-order valence-corrected chi connectivity index (χ4v) is 2.38. The van der Waals surface area contributed by atoms with E-state index in [1.165, 1.54) is 11.3 Å². The lowest BCUT2D eigenvalue weighted by atomic mass is 10.1. The molecule has 0 atom stereocenters. The van der Waals surface area contributed by atoms with Gasteiger partial charge in [-0.05, 0) is 42.3 Å². The van der Waals surface area contributed by atoms with Gasteiger partial charge >= 0.3 is 0 Å². The van der Waals surface area contributed by atoms with Crippen LogP contribution in [0.2, 0.25) is 10.0 Å². The summed E-state index contributed by atoms with van der Waals surface area (Å²) in [5.41, 5.74) is 4.66. The lowest BCUT2D eigenvalue weighted by Crippen LogP contribution is -2.10. The molecule has 0 amide bonds. The first-order valence-electron chi connectivity index (χ1n) is 6.43. The Morgan fingerprint density at radius 1 is 1.00 bits per heavy atom. The lowest BCUT2D eigenvalue weighted by Gasteiger charge is -2.17. The van der Waals surface area contributed by atoms with Gasteiger partial charge in [-0.3, -0.25) is 0 Å². The molecule has 0 saturated carbocycles. The maximum atomic E-state index is 6.02. The first-order chi connectivity index (χ1) is 9.47. The lowest BCUT2D eigenvalue weighted by molar-refractivity contribution is 1.10. The van der Waals surface area contributed by atoms with Crippen LogP contribution in [0.4, 0.5) is 11.4 Å². The third-order valence-corrected chi connectivity index (χ3v) is 3.91. The number of nitrogens with zero attached hydrogens (tertiary/aromatic N) is 1. The molecule has 106 valence electrons. The minimum absolute atomic E-state index is 0.584. The predicted octanol–water partition coefficient (Wildman–Crippen LogP) is 4.98. The maximum Gasteiger partial charge on any atom is 0.0595 e. The van der Waals surface area contributed by atoms with Gasteiger partial charge in [0.15, 0.2) is 0 Å². The molecule has 4 heteroatoms. The average molecular weight is 309 g/mol. The van der Waals surface area contributed by atoms with Crippen molar-refractivity contribution in [3.05, 3.63) is 57.6 Å². The molecule has 0 unspecified atom stereocenters. The summed E-state index contributed by atoms with van der Waals surface area (Å²) in [6, 6.07) is 12.0. The largest absolute Gasteiger partial charge is 0.381 e. The number of nitrogens with one attached hydrogen (secondary N) is 1. The van der Waals surface area contributed by atoms with Crippen molar-refractivity contribution in [3.63, 3.8) is 0 Å². The number of aryl methyl sites for hydroxylation is 1. The van der Waals surface area contributed by atoms with E-state index in [4.69, 9.17) is 23.2 Å². The number of halogens is 2. The van der Waals surface area contributed by atoms with Gasteiger partial charge in [0.05, 0.1) is 10.0 Å².